The number of nitrogens with zero attached hydrogens (tertiary/aromatic N) is 1. The average molecular weight is 355 g/mol. The van der Waals surface area contributed by atoms with Gasteiger partial charge in [-0.2, -0.15) is 13.2 Å². The summed E-state index contributed by atoms with van der Waals surface area (Å²) < 4.78 is 43.0. The Balaban J connectivity index is 1.86. The fraction of sp³-hybridized carbons (Fsp3) is 0.500. The van der Waals surface area contributed by atoms with Crippen LogP contribution in [0.15, 0.2) is 40.9 Å². The summed E-state index contributed by atoms with van der Waals surface area (Å²) in [4.78, 5) is 4.43. The van der Waals surface area contributed by atoms with Crippen LogP contribution < -0.4 is 10.6 Å². The van der Waals surface area contributed by atoms with E-state index < -0.39 is 11.7 Å². The normalized spacial score (nSPS) is 15.7. The molecule has 1 aliphatic rings. The summed E-state index contributed by atoms with van der Waals surface area (Å²) in [5, 5.41) is 6.39. The lowest BCUT2D eigenvalue weighted by atomic mass is 10.1. The molecule has 0 unspecified atom stereocenters. The maximum Gasteiger partial charge on any atom is 0.416 e. The highest BCUT2D eigenvalue weighted by Gasteiger charge is 2.29. The molecule has 25 heavy (non-hydrogen) atoms. The van der Waals surface area contributed by atoms with Gasteiger partial charge in [-0.3, -0.25) is 0 Å². The molecule has 4 nitrogen and oxygen atoms in total. The molecule has 0 aliphatic carbocycles. The zero-order valence-corrected chi connectivity index (χ0v) is 14.3. The first-order chi connectivity index (χ1) is 12.0. The molecular weight excluding hydrogens is 331 g/mol. The molecule has 0 spiro atoms. The lowest BCUT2D eigenvalue weighted by molar-refractivity contribution is -0.137. The highest BCUT2D eigenvalue weighted by atomic mass is 19.4. The molecule has 7 heteroatoms. The van der Waals surface area contributed by atoms with Gasteiger partial charge in [0.1, 0.15) is 0 Å². The molecule has 0 aromatic heterocycles. The second-order valence-electron chi connectivity index (χ2n) is 5.75. The van der Waals surface area contributed by atoms with Gasteiger partial charge in [-0.15, -0.1) is 0 Å². The predicted octanol–water partition coefficient (Wildman–Crippen LogP) is 3.50. The van der Waals surface area contributed by atoms with Crippen molar-refractivity contribution in [1.82, 2.24) is 10.6 Å². The highest BCUT2D eigenvalue weighted by molar-refractivity contribution is 5.79. The fourth-order valence-corrected chi connectivity index (χ4v) is 2.45. The van der Waals surface area contributed by atoms with Crippen LogP contribution in [0.25, 0.3) is 0 Å². The maximum atomic E-state index is 12.6. The minimum atomic E-state index is -4.31. The van der Waals surface area contributed by atoms with Crippen LogP contribution in [0.1, 0.15) is 30.9 Å². The Hall–Kier alpha value is -2.02. The molecule has 0 saturated carbocycles. The number of benzene rings is 1. The molecule has 0 amide bonds. The number of hydrogen-bond acceptors (Lipinski definition) is 2. The van der Waals surface area contributed by atoms with E-state index in [0.717, 1.165) is 50.2 Å². The first-order valence-corrected chi connectivity index (χ1v) is 8.43. The minimum Gasteiger partial charge on any atom is -0.377 e. The van der Waals surface area contributed by atoms with E-state index in [-0.39, 0.29) is 0 Å². The van der Waals surface area contributed by atoms with E-state index in [1.54, 1.807) is 0 Å². The van der Waals surface area contributed by atoms with Crippen molar-refractivity contribution in [2.75, 3.05) is 26.3 Å². The zero-order valence-electron chi connectivity index (χ0n) is 14.3. The van der Waals surface area contributed by atoms with Gasteiger partial charge in [-0.1, -0.05) is 23.8 Å². The smallest absolute Gasteiger partial charge is 0.377 e. The molecular formula is C18H24F3N3O. The van der Waals surface area contributed by atoms with E-state index in [1.807, 2.05) is 6.92 Å². The summed E-state index contributed by atoms with van der Waals surface area (Å²) in [5.41, 5.74) is 1.46. The molecule has 0 bridgehead atoms. The van der Waals surface area contributed by atoms with E-state index >= 15 is 0 Å². The summed E-state index contributed by atoms with van der Waals surface area (Å²) in [6, 6.07) is 5.09. The second-order valence-corrected chi connectivity index (χ2v) is 5.75. The Kier molecular flexibility index (Phi) is 7.31. The zero-order chi connectivity index (χ0) is 18.1. The lowest BCUT2D eigenvalue weighted by Crippen LogP contribution is -2.38. The van der Waals surface area contributed by atoms with Gasteiger partial charge < -0.3 is 15.4 Å². The van der Waals surface area contributed by atoms with Crippen LogP contribution in [0.2, 0.25) is 0 Å². The van der Waals surface area contributed by atoms with Crippen molar-refractivity contribution in [1.29, 1.82) is 0 Å². The molecule has 1 aliphatic heterocycles. The Labute approximate surface area is 146 Å². The number of guanidine groups is 1. The topological polar surface area (TPSA) is 45.7 Å². The van der Waals surface area contributed by atoms with E-state index in [4.69, 9.17) is 4.74 Å². The summed E-state index contributed by atoms with van der Waals surface area (Å²) >= 11 is 0. The van der Waals surface area contributed by atoms with Gasteiger partial charge in [0.15, 0.2) is 5.96 Å². The van der Waals surface area contributed by atoms with Crippen LogP contribution >= 0.6 is 0 Å². The van der Waals surface area contributed by atoms with Crippen LogP contribution in [0.4, 0.5) is 13.2 Å². The summed E-state index contributed by atoms with van der Waals surface area (Å²) in [5.74, 6) is 0.662. The minimum absolute atomic E-state index is 0.323. The first-order valence-electron chi connectivity index (χ1n) is 8.43. The monoisotopic (exact) mass is 355 g/mol. The Morgan fingerprint density at radius 1 is 1.20 bits per heavy atom. The summed E-state index contributed by atoms with van der Waals surface area (Å²) in [7, 11) is 0. The van der Waals surface area contributed by atoms with Crippen molar-refractivity contribution >= 4 is 5.96 Å². The first kappa shape index (κ1) is 19.3. The molecule has 1 aromatic carbocycles. The van der Waals surface area contributed by atoms with Crippen LogP contribution in [-0.4, -0.2) is 32.3 Å². The lowest BCUT2D eigenvalue weighted by Gasteiger charge is -2.15. The molecule has 0 fully saturated rings. The van der Waals surface area contributed by atoms with Gasteiger partial charge in [0.2, 0.25) is 0 Å². The Morgan fingerprint density at radius 3 is 2.56 bits per heavy atom. The number of rotatable bonds is 6. The predicted molar refractivity (Wildman–Crippen MR) is 92.4 cm³/mol. The van der Waals surface area contributed by atoms with Crippen molar-refractivity contribution in [3.8, 4) is 0 Å². The molecule has 2 rings (SSSR count). The number of aliphatic imine (C=N–C) groups is 1. The van der Waals surface area contributed by atoms with Gasteiger partial charge in [0, 0.05) is 13.1 Å². The summed E-state index contributed by atoms with van der Waals surface area (Å²) in [6.45, 7) is 5.21. The van der Waals surface area contributed by atoms with Crippen LogP contribution in [0.3, 0.4) is 0 Å². The van der Waals surface area contributed by atoms with E-state index in [1.165, 1.54) is 17.7 Å². The van der Waals surface area contributed by atoms with Gasteiger partial charge in [0.25, 0.3) is 0 Å². The molecule has 138 valence electrons. The average Bonchev–Trinajstić information content (AvgIpc) is 2.60. The number of alkyl halides is 3. The second kappa shape index (κ2) is 9.46. The van der Waals surface area contributed by atoms with Gasteiger partial charge in [-0.25, -0.2) is 4.99 Å². The molecule has 0 saturated heterocycles. The SMILES string of the molecule is CCNC(=NCc1ccc(C(F)(F)F)cc1)NCCC1=CCOCC1. The van der Waals surface area contributed by atoms with Crippen molar-refractivity contribution in [3.05, 3.63) is 47.0 Å². The van der Waals surface area contributed by atoms with E-state index in [2.05, 4.69) is 21.7 Å². The standard InChI is InChI=1S/C18H24F3N3O/c1-2-22-17(23-10-7-14-8-11-25-12-9-14)24-13-15-3-5-16(6-4-15)18(19,20)21/h3-6,8H,2,7,9-13H2,1H3,(H2,22,23,24). The maximum absolute atomic E-state index is 12.6. The van der Waals surface area contributed by atoms with Crippen LogP contribution in [0, 0.1) is 0 Å². The molecule has 2 N–H and O–H groups in total. The Morgan fingerprint density at radius 2 is 1.96 bits per heavy atom. The quantitative estimate of drug-likeness (QED) is 0.466. The van der Waals surface area contributed by atoms with Crippen molar-refractivity contribution in [2.45, 2.75) is 32.5 Å². The van der Waals surface area contributed by atoms with Crippen LogP contribution in [-0.2, 0) is 17.5 Å². The molecule has 0 atom stereocenters. The third kappa shape index (κ3) is 6.78. The van der Waals surface area contributed by atoms with Crippen LogP contribution in [0.5, 0.6) is 0 Å². The molecule has 1 aromatic rings. The third-order valence-corrected chi connectivity index (χ3v) is 3.84. The van der Waals surface area contributed by atoms with Crippen molar-refractivity contribution < 1.29 is 17.9 Å². The summed E-state index contributed by atoms with van der Waals surface area (Å²) in [6.07, 6.45) is -0.316. The van der Waals surface area contributed by atoms with Gasteiger partial charge in [-0.05, 0) is 37.5 Å². The largest absolute Gasteiger partial charge is 0.416 e. The Bertz CT molecular complexity index is 595. The number of halogens is 3. The van der Waals surface area contributed by atoms with E-state index in [9.17, 15) is 13.2 Å². The molecule has 0 radical (unpaired) electrons. The third-order valence-electron chi connectivity index (χ3n) is 3.84. The van der Waals surface area contributed by atoms with Crippen molar-refractivity contribution in [3.63, 3.8) is 0 Å². The van der Waals surface area contributed by atoms with Gasteiger partial charge in [0.05, 0.1) is 25.3 Å². The number of ether oxygens (including phenoxy) is 1. The number of hydrogen-bond donors (Lipinski definition) is 2. The highest BCUT2D eigenvalue weighted by Crippen LogP contribution is 2.29. The van der Waals surface area contributed by atoms with E-state index in [0.29, 0.717) is 19.1 Å². The van der Waals surface area contributed by atoms with Crippen molar-refractivity contribution in [2.24, 2.45) is 4.99 Å². The van der Waals surface area contributed by atoms with Gasteiger partial charge >= 0.3 is 6.18 Å². The number of nitrogens with one attached hydrogen (secondary N) is 2. The fourth-order valence-electron chi connectivity index (χ4n) is 2.45. The molecule has 1 heterocycles.